The first-order chi connectivity index (χ1) is 10.7. The number of alkyl halides is 3. The van der Waals surface area contributed by atoms with Gasteiger partial charge in [-0.3, -0.25) is 0 Å². The number of hydrogen-bond acceptors (Lipinski definition) is 5. The number of methoxy groups -OCH3 is 1. The minimum atomic E-state index is -4.44. The zero-order chi connectivity index (χ0) is 17.2. The Bertz CT molecular complexity index is 751. The first-order valence-corrected chi connectivity index (χ1v) is 7.27. The Balaban J connectivity index is 2.38. The van der Waals surface area contributed by atoms with Crippen molar-refractivity contribution in [3.05, 3.63) is 44.7 Å². The normalized spacial score (nSPS) is 11.2. The predicted octanol–water partition coefficient (Wildman–Crippen LogP) is 3.99. The van der Waals surface area contributed by atoms with Gasteiger partial charge in [0.15, 0.2) is 0 Å². The van der Waals surface area contributed by atoms with E-state index in [4.69, 9.17) is 4.74 Å². The summed E-state index contributed by atoms with van der Waals surface area (Å²) in [5.41, 5.74) is -0.508. The Labute approximate surface area is 143 Å². The molecule has 122 valence electrons. The van der Waals surface area contributed by atoms with Crippen LogP contribution in [0.25, 0.3) is 0 Å². The van der Waals surface area contributed by atoms with Crippen molar-refractivity contribution in [1.82, 2.24) is 10.2 Å². The summed E-state index contributed by atoms with van der Waals surface area (Å²) in [7, 11) is 1.20. The summed E-state index contributed by atoms with van der Waals surface area (Å²) in [6.45, 7) is 1.46. The molecule has 1 aromatic carbocycles. The molecule has 1 aromatic heterocycles. The molecule has 5 nitrogen and oxygen atoms in total. The van der Waals surface area contributed by atoms with E-state index in [0.717, 1.165) is 12.1 Å². The summed E-state index contributed by atoms with van der Waals surface area (Å²) in [6.07, 6.45) is -4.44. The van der Waals surface area contributed by atoms with Crippen LogP contribution >= 0.6 is 22.6 Å². The van der Waals surface area contributed by atoms with E-state index in [9.17, 15) is 18.0 Å². The molecule has 0 amide bonds. The van der Waals surface area contributed by atoms with Gasteiger partial charge in [-0.15, -0.1) is 10.2 Å². The van der Waals surface area contributed by atoms with Crippen LogP contribution in [-0.4, -0.2) is 23.3 Å². The number of esters is 1. The SMILES string of the molecule is COC(=O)c1cc(I)nnc1Oc1ccc(C(F)(F)F)cc1C. The van der Waals surface area contributed by atoms with Gasteiger partial charge in [-0.2, -0.15) is 13.2 Å². The Morgan fingerprint density at radius 2 is 1.91 bits per heavy atom. The van der Waals surface area contributed by atoms with Crippen LogP contribution in [0.1, 0.15) is 21.5 Å². The second-order valence-corrected chi connectivity index (χ2v) is 5.56. The van der Waals surface area contributed by atoms with Crippen molar-refractivity contribution in [2.45, 2.75) is 13.1 Å². The Kier molecular flexibility index (Phi) is 5.07. The lowest BCUT2D eigenvalue weighted by Gasteiger charge is -2.12. The monoisotopic (exact) mass is 438 g/mol. The van der Waals surface area contributed by atoms with Crippen LogP contribution in [0.3, 0.4) is 0 Å². The fraction of sp³-hybridized carbons (Fsp3) is 0.214. The second-order valence-electron chi connectivity index (χ2n) is 4.46. The van der Waals surface area contributed by atoms with Crippen LogP contribution in [0.4, 0.5) is 13.2 Å². The van der Waals surface area contributed by atoms with Gasteiger partial charge in [-0.1, -0.05) is 0 Å². The summed E-state index contributed by atoms with van der Waals surface area (Å²) < 4.78 is 48.5. The summed E-state index contributed by atoms with van der Waals surface area (Å²) in [5.74, 6) is -0.684. The number of benzene rings is 1. The molecule has 0 bridgehead atoms. The van der Waals surface area contributed by atoms with Crippen molar-refractivity contribution in [2.24, 2.45) is 0 Å². The minimum absolute atomic E-state index is 0.0335. The fourth-order valence-corrected chi connectivity index (χ4v) is 2.15. The third-order valence-electron chi connectivity index (χ3n) is 2.84. The number of aryl methyl sites for hydroxylation is 1. The molecule has 0 N–H and O–H groups in total. The summed E-state index contributed by atoms with van der Waals surface area (Å²) in [6, 6.07) is 4.42. The highest BCUT2D eigenvalue weighted by molar-refractivity contribution is 14.1. The first kappa shape index (κ1) is 17.4. The van der Waals surface area contributed by atoms with Crippen molar-refractivity contribution in [3.8, 4) is 11.6 Å². The lowest BCUT2D eigenvalue weighted by atomic mass is 10.1. The largest absolute Gasteiger partial charge is 0.465 e. The van der Waals surface area contributed by atoms with Crippen molar-refractivity contribution in [1.29, 1.82) is 0 Å². The molecule has 1 heterocycles. The van der Waals surface area contributed by atoms with Gasteiger partial charge in [0.1, 0.15) is 15.0 Å². The maximum atomic E-state index is 12.7. The smallest absolute Gasteiger partial charge is 0.416 e. The Morgan fingerprint density at radius 1 is 1.22 bits per heavy atom. The summed E-state index contributed by atoms with van der Waals surface area (Å²) >= 11 is 1.86. The van der Waals surface area contributed by atoms with Gasteiger partial charge in [-0.05, 0) is 59.3 Å². The molecule has 0 atom stereocenters. The van der Waals surface area contributed by atoms with Gasteiger partial charge in [0.05, 0.1) is 12.7 Å². The number of carbonyl (C=O) groups excluding carboxylic acids is 1. The number of aromatic nitrogens is 2. The molecule has 0 fully saturated rings. The molecule has 0 aliphatic rings. The lowest BCUT2D eigenvalue weighted by molar-refractivity contribution is -0.137. The highest BCUT2D eigenvalue weighted by atomic mass is 127. The van der Waals surface area contributed by atoms with Crippen LogP contribution < -0.4 is 4.74 Å². The molecule has 0 saturated carbocycles. The molecule has 23 heavy (non-hydrogen) atoms. The topological polar surface area (TPSA) is 61.3 Å². The van der Waals surface area contributed by atoms with E-state index in [1.165, 1.54) is 26.2 Å². The fourth-order valence-electron chi connectivity index (χ4n) is 1.73. The number of nitrogens with zero attached hydrogens (tertiary/aromatic N) is 2. The molecule has 0 unspecified atom stereocenters. The number of carbonyl (C=O) groups is 1. The second kappa shape index (κ2) is 6.69. The molecule has 0 aliphatic heterocycles. The molecule has 0 spiro atoms. The molecule has 0 radical (unpaired) electrons. The Hall–Kier alpha value is -1.91. The molecular weight excluding hydrogens is 428 g/mol. The highest BCUT2D eigenvalue weighted by Gasteiger charge is 2.31. The minimum Gasteiger partial charge on any atom is -0.465 e. The van der Waals surface area contributed by atoms with Crippen molar-refractivity contribution in [2.75, 3.05) is 7.11 Å². The average molecular weight is 438 g/mol. The van der Waals surface area contributed by atoms with Crippen LogP contribution in [0.2, 0.25) is 0 Å². The van der Waals surface area contributed by atoms with Gasteiger partial charge in [0.25, 0.3) is 5.88 Å². The lowest BCUT2D eigenvalue weighted by Crippen LogP contribution is -2.08. The standard InChI is InChI=1S/C14H10F3IN2O3/c1-7-5-8(14(15,16)17)3-4-10(7)23-12-9(13(21)22-2)6-11(18)19-20-12/h3-6H,1-2H3. The number of hydrogen-bond donors (Lipinski definition) is 0. The van der Waals surface area contributed by atoms with Crippen LogP contribution in [0.15, 0.2) is 24.3 Å². The molecule has 9 heteroatoms. The molecule has 0 saturated heterocycles. The summed E-state index contributed by atoms with van der Waals surface area (Å²) in [4.78, 5) is 11.7. The predicted molar refractivity (Wildman–Crippen MR) is 82.3 cm³/mol. The van der Waals surface area contributed by atoms with Gasteiger partial charge >= 0.3 is 12.1 Å². The van der Waals surface area contributed by atoms with E-state index in [-0.39, 0.29) is 22.8 Å². The maximum Gasteiger partial charge on any atom is 0.416 e. The summed E-state index contributed by atoms with van der Waals surface area (Å²) in [5, 5.41) is 7.52. The van der Waals surface area contributed by atoms with Crippen LogP contribution in [-0.2, 0) is 10.9 Å². The van der Waals surface area contributed by atoms with E-state index in [1.807, 2.05) is 22.6 Å². The average Bonchev–Trinajstić information content (AvgIpc) is 2.49. The zero-order valence-corrected chi connectivity index (χ0v) is 14.1. The van der Waals surface area contributed by atoms with Gasteiger partial charge in [0.2, 0.25) is 0 Å². The zero-order valence-electron chi connectivity index (χ0n) is 11.9. The van der Waals surface area contributed by atoms with E-state index < -0.39 is 17.7 Å². The van der Waals surface area contributed by atoms with E-state index in [2.05, 4.69) is 14.9 Å². The quantitative estimate of drug-likeness (QED) is 0.536. The molecule has 0 aliphatic carbocycles. The number of rotatable bonds is 3. The number of halogens is 4. The molecule has 2 rings (SSSR count). The van der Waals surface area contributed by atoms with Crippen molar-refractivity contribution in [3.63, 3.8) is 0 Å². The van der Waals surface area contributed by atoms with Gasteiger partial charge < -0.3 is 9.47 Å². The van der Waals surface area contributed by atoms with Gasteiger partial charge in [0, 0.05) is 0 Å². The van der Waals surface area contributed by atoms with E-state index in [1.54, 1.807) is 0 Å². The van der Waals surface area contributed by atoms with Crippen LogP contribution in [0, 0.1) is 10.6 Å². The third kappa shape index (κ3) is 4.09. The van der Waals surface area contributed by atoms with Gasteiger partial charge in [-0.25, -0.2) is 4.79 Å². The molecular formula is C14H10F3IN2O3. The third-order valence-corrected chi connectivity index (χ3v) is 3.37. The Morgan fingerprint density at radius 3 is 2.48 bits per heavy atom. The number of ether oxygens (including phenoxy) is 2. The first-order valence-electron chi connectivity index (χ1n) is 6.19. The van der Waals surface area contributed by atoms with E-state index in [0.29, 0.717) is 3.70 Å². The maximum absolute atomic E-state index is 12.7. The van der Waals surface area contributed by atoms with Crippen molar-refractivity contribution < 1.29 is 27.4 Å². The van der Waals surface area contributed by atoms with Crippen molar-refractivity contribution >= 4 is 28.6 Å². The highest BCUT2D eigenvalue weighted by Crippen LogP contribution is 2.34. The van der Waals surface area contributed by atoms with E-state index >= 15 is 0 Å². The molecule has 2 aromatic rings. The van der Waals surface area contributed by atoms with Crippen LogP contribution in [0.5, 0.6) is 11.6 Å².